The van der Waals surface area contributed by atoms with Crippen LogP contribution in [-0.2, 0) is 4.74 Å². The second kappa shape index (κ2) is 6.11. The van der Waals surface area contributed by atoms with Crippen molar-refractivity contribution in [3.8, 4) is 0 Å². The predicted octanol–water partition coefficient (Wildman–Crippen LogP) is 2.51. The van der Waals surface area contributed by atoms with E-state index in [-0.39, 0.29) is 5.54 Å². The van der Waals surface area contributed by atoms with Crippen molar-refractivity contribution in [2.75, 3.05) is 26.3 Å². The Hall–Kier alpha value is -0.120. The molecule has 3 heteroatoms. The molecule has 0 aromatic heterocycles. The molecule has 2 fully saturated rings. The summed E-state index contributed by atoms with van der Waals surface area (Å²) in [6, 6.07) is 1.30. The third-order valence-electron chi connectivity index (χ3n) is 5.42. The fourth-order valence-corrected chi connectivity index (χ4v) is 3.55. The van der Waals surface area contributed by atoms with Gasteiger partial charge >= 0.3 is 0 Å². The van der Waals surface area contributed by atoms with Gasteiger partial charge in [0.05, 0.1) is 6.61 Å². The lowest BCUT2D eigenvalue weighted by Crippen LogP contribution is -2.66. The molecule has 0 aliphatic carbocycles. The maximum Gasteiger partial charge on any atom is 0.0509 e. The summed E-state index contributed by atoms with van der Waals surface area (Å²) in [5.41, 5.74) is 0.277. The Labute approximate surface area is 119 Å². The van der Waals surface area contributed by atoms with Crippen LogP contribution in [0.2, 0.25) is 0 Å². The molecule has 0 aromatic rings. The number of hydrogen-bond donors (Lipinski definition) is 1. The molecular formula is C16H32N2O. The molecule has 0 aromatic carbocycles. The van der Waals surface area contributed by atoms with Crippen molar-refractivity contribution in [3.63, 3.8) is 0 Å². The maximum atomic E-state index is 5.60. The average Bonchev–Trinajstić information content (AvgIpc) is 2.91. The SMILES string of the molecule is CCC1(C)CN(C(C)C2CCOC2)C(C(C)C)CN1. The van der Waals surface area contributed by atoms with Gasteiger partial charge in [0.15, 0.2) is 0 Å². The van der Waals surface area contributed by atoms with Crippen molar-refractivity contribution in [1.29, 1.82) is 0 Å². The van der Waals surface area contributed by atoms with Crippen molar-refractivity contribution in [2.24, 2.45) is 11.8 Å². The summed E-state index contributed by atoms with van der Waals surface area (Å²) in [7, 11) is 0. The summed E-state index contributed by atoms with van der Waals surface area (Å²) in [5.74, 6) is 1.43. The van der Waals surface area contributed by atoms with Gasteiger partial charge in [-0.05, 0) is 38.5 Å². The van der Waals surface area contributed by atoms with Crippen LogP contribution in [0.1, 0.15) is 47.5 Å². The molecule has 1 N–H and O–H groups in total. The highest BCUT2D eigenvalue weighted by Gasteiger charge is 2.40. The van der Waals surface area contributed by atoms with Gasteiger partial charge in [0.1, 0.15) is 0 Å². The Kier molecular flexibility index (Phi) is 4.91. The lowest BCUT2D eigenvalue weighted by molar-refractivity contribution is 0.00798. The van der Waals surface area contributed by atoms with Crippen molar-refractivity contribution in [3.05, 3.63) is 0 Å². The lowest BCUT2D eigenvalue weighted by atomic mass is 9.86. The van der Waals surface area contributed by atoms with Gasteiger partial charge in [-0.1, -0.05) is 20.8 Å². The van der Waals surface area contributed by atoms with E-state index in [1.807, 2.05) is 0 Å². The largest absolute Gasteiger partial charge is 0.381 e. The van der Waals surface area contributed by atoms with Gasteiger partial charge in [-0.25, -0.2) is 0 Å². The molecule has 3 nitrogen and oxygen atoms in total. The lowest BCUT2D eigenvalue weighted by Gasteiger charge is -2.51. The van der Waals surface area contributed by atoms with Gasteiger partial charge in [-0.3, -0.25) is 4.90 Å². The fraction of sp³-hybridized carbons (Fsp3) is 1.00. The predicted molar refractivity (Wildman–Crippen MR) is 80.4 cm³/mol. The quantitative estimate of drug-likeness (QED) is 0.848. The zero-order chi connectivity index (χ0) is 14.0. The normalized spacial score (nSPS) is 38.8. The number of piperazine rings is 1. The molecule has 4 unspecified atom stereocenters. The summed E-state index contributed by atoms with van der Waals surface area (Å²) < 4.78 is 5.60. The van der Waals surface area contributed by atoms with E-state index >= 15 is 0 Å². The van der Waals surface area contributed by atoms with Crippen LogP contribution in [0.25, 0.3) is 0 Å². The van der Waals surface area contributed by atoms with Crippen LogP contribution in [0.15, 0.2) is 0 Å². The fourth-order valence-electron chi connectivity index (χ4n) is 3.55. The summed E-state index contributed by atoms with van der Waals surface area (Å²) in [4.78, 5) is 2.77. The molecule has 0 saturated carbocycles. The van der Waals surface area contributed by atoms with E-state index in [0.717, 1.165) is 25.7 Å². The molecule has 2 rings (SSSR count). The third-order valence-corrected chi connectivity index (χ3v) is 5.42. The van der Waals surface area contributed by atoms with E-state index in [0.29, 0.717) is 18.0 Å². The van der Waals surface area contributed by atoms with Gasteiger partial charge in [0.25, 0.3) is 0 Å². The van der Waals surface area contributed by atoms with Gasteiger partial charge < -0.3 is 10.1 Å². The first kappa shape index (κ1) is 15.3. The van der Waals surface area contributed by atoms with E-state index in [1.165, 1.54) is 19.4 Å². The molecule has 0 bridgehead atoms. The smallest absolute Gasteiger partial charge is 0.0509 e. The molecule has 19 heavy (non-hydrogen) atoms. The first-order valence-corrected chi connectivity index (χ1v) is 8.05. The van der Waals surface area contributed by atoms with Crippen LogP contribution in [0.3, 0.4) is 0 Å². The summed E-state index contributed by atoms with van der Waals surface area (Å²) in [5, 5.41) is 3.78. The topological polar surface area (TPSA) is 24.5 Å². The minimum absolute atomic E-state index is 0.277. The first-order chi connectivity index (χ1) is 8.97. The highest BCUT2D eigenvalue weighted by molar-refractivity contribution is 4.98. The molecule has 0 spiro atoms. The molecule has 2 aliphatic heterocycles. The van der Waals surface area contributed by atoms with E-state index in [2.05, 4.69) is 44.8 Å². The van der Waals surface area contributed by atoms with Crippen molar-refractivity contribution in [2.45, 2.75) is 65.1 Å². The van der Waals surface area contributed by atoms with Gasteiger partial charge in [0.2, 0.25) is 0 Å². The van der Waals surface area contributed by atoms with E-state index < -0.39 is 0 Å². The minimum atomic E-state index is 0.277. The Morgan fingerprint density at radius 3 is 2.63 bits per heavy atom. The van der Waals surface area contributed by atoms with Crippen LogP contribution >= 0.6 is 0 Å². The Morgan fingerprint density at radius 2 is 2.11 bits per heavy atom. The number of nitrogens with one attached hydrogen (secondary N) is 1. The molecule has 0 amide bonds. The Morgan fingerprint density at radius 1 is 1.37 bits per heavy atom. The molecule has 4 atom stereocenters. The van der Waals surface area contributed by atoms with Crippen LogP contribution in [0, 0.1) is 11.8 Å². The number of hydrogen-bond acceptors (Lipinski definition) is 3. The van der Waals surface area contributed by atoms with E-state index in [1.54, 1.807) is 0 Å². The second-order valence-electron chi connectivity index (χ2n) is 7.14. The van der Waals surface area contributed by atoms with Crippen molar-refractivity contribution >= 4 is 0 Å². The number of rotatable bonds is 4. The molecule has 0 radical (unpaired) electrons. The molecule has 2 heterocycles. The Bertz CT molecular complexity index is 288. The zero-order valence-electron chi connectivity index (χ0n) is 13.4. The Balaban J connectivity index is 2.10. The van der Waals surface area contributed by atoms with Gasteiger partial charge in [-0.15, -0.1) is 0 Å². The zero-order valence-corrected chi connectivity index (χ0v) is 13.4. The van der Waals surface area contributed by atoms with Crippen LogP contribution in [0.4, 0.5) is 0 Å². The second-order valence-corrected chi connectivity index (χ2v) is 7.14. The third kappa shape index (κ3) is 3.32. The van der Waals surface area contributed by atoms with Gasteiger partial charge in [0, 0.05) is 37.3 Å². The van der Waals surface area contributed by atoms with Crippen molar-refractivity contribution < 1.29 is 4.74 Å². The molecule has 112 valence electrons. The minimum Gasteiger partial charge on any atom is -0.381 e. The average molecular weight is 268 g/mol. The molecule has 2 saturated heterocycles. The maximum absolute atomic E-state index is 5.60. The highest BCUT2D eigenvalue weighted by Crippen LogP contribution is 2.29. The molecular weight excluding hydrogens is 236 g/mol. The van der Waals surface area contributed by atoms with Crippen LogP contribution < -0.4 is 5.32 Å². The highest BCUT2D eigenvalue weighted by atomic mass is 16.5. The summed E-state index contributed by atoms with van der Waals surface area (Å²) >= 11 is 0. The van der Waals surface area contributed by atoms with Gasteiger partial charge in [-0.2, -0.15) is 0 Å². The van der Waals surface area contributed by atoms with Crippen molar-refractivity contribution in [1.82, 2.24) is 10.2 Å². The summed E-state index contributed by atoms with van der Waals surface area (Å²) in [6.45, 7) is 16.0. The molecule has 2 aliphatic rings. The van der Waals surface area contributed by atoms with Crippen LogP contribution in [0.5, 0.6) is 0 Å². The van der Waals surface area contributed by atoms with Crippen LogP contribution in [-0.4, -0.2) is 48.8 Å². The number of ether oxygens (including phenoxy) is 1. The standard InChI is InChI=1S/C16H32N2O/c1-6-16(5)11-18(15(9-17-16)12(2)3)13(4)14-7-8-19-10-14/h12-15,17H,6-11H2,1-5H3. The first-order valence-electron chi connectivity index (χ1n) is 8.05. The summed E-state index contributed by atoms with van der Waals surface area (Å²) in [6.07, 6.45) is 2.43. The van der Waals surface area contributed by atoms with E-state index in [4.69, 9.17) is 4.74 Å². The number of nitrogens with zero attached hydrogens (tertiary/aromatic N) is 1. The monoisotopic (exact) mass is 268 g/mol. The van der Waals surface area contributed by atoms with E-state index in [9.17, 15) is 0 Å².